The van der Waals surface area contributed by atoms with E-state index in [1.807, 2.05) is 45.0 Å². The summed E-state index contributed by atoms with van der Waals surface area (Å²) < 4.78 is 26.2. The first kappa shape index (κ1) is 27.7. The van der Waals surface area contributed by atoms with Gasteiger partial charge in [-0.1, -0.05) is 61.7 Å². The van der Waals surface area contributed by atoms with Crippen molar-refractivity contribution in [2.75, 3.05) is 23.7 Å². The van der Waals surface area contributed by atoms with Crippen LogP contribution in [-0.2, 0) is 26.2 Å². The van der Waals surface area contributed by atoms with Crippen LogP contribution in [0.3, 0.4) is 0 Å². The average molecular weight is 508 g/mol. The minimum atomic E-state index is -3.77. The number of carbonyl (C=O) groups is 2. The number of hydrogen-bond acceptors (Lipinski definition) is 4. The Bertz CT molecular complexity index is 1060. The van der Waals surface area contributed by atoms with E-state index in [9.17, 15) is 18.0 Å². The third kappa shape index (κ3) is 8.02. The van der Waals surface area contributed by atoms with Crippen molar-refractivity contribution in [2.24, 2.45) is 0 Å². The molecular formula is C25H34ClN3O4S. The first-order chi connectivity index (χ1) is 16.1. The van der Waals surface area contributed by atoms with E-state index in [0.717, 1.165) is 34.5 Å². The zero-order valence-corrected chi connectivity index (χ0v) is 21.8. The van der Waals surface area contributed by atoms with Gasteiger partial charge >= 0.3 is 0 Å². The molecular weight excluding hydrogens is 474 g/mol. The first-order valence-corrected chi connectivity index (χ1v) is 13.7. The lowest BCUT2D eigenvalue weighted by Crippen LogP contribution is -2.52. The molecule has 7 nitrogen and oxygen atoms in total. The first-order valence-electron chi connectivity index (χ1n) is 11.4. The molecule has 2 aromatic rings. The van der Waals surface area contributed by atoms with Crippen molar-refractivity contribution >= 4 is 39.1 Å². The molecule has 0 saturated carbocycles. The molecule has 0 radical (unpaired) electrons. The van der Waals surface area contributed by atoms with Crippen molar-refractivity contribution in [3.63, 3.8) is 0 Å². The summed E-state index contributed by atoms with van der Waals surface area (Å²) in [5, 5.41) is 3.36. The van der Waals surface area contributed by atoms with E-state index < -0.39 is 28.5 Å². The predicted octanol–water partition coefficient (Wildman–Crippen LogP) is 4.14. The Labute approximate surface area is 208 Å². The maximum atomic E-state index is 13.6. The Hall–Kier alpha value is -2.58. The van der Waals surface area contributed by atoms with Gasteiger partial charge in [0.05, 0.1) is 11.9 Å². The minimum absolute atomic E-state index is 0.192. The number of amides is 2. The van der Waals surface area contributed by atoms with Gasteiger partial charge < -0.3 is 10.2 Å². The van der Waals surface area contributed by atoms with Crippen LogP contribution in [0.25, 0.3) is 0 Å². The maximum absolute atomic E-state index is 13.6. The van der Waals surface area contributed by atoms with Gasteiger partial charge in [-0.2, -0.15) is 0 Å². The summed E-state index contributed by atoms with van der Waals surface area (Å²) in [6.45, 7) is 6.14. The van der Waals surface area contributed by atoms with E-state index in [2.05, 4.69) is 5.32 Å². The third-order valence-corrected chi connectivity index (χ3v) is 6.88. The molecule has 0 heterocycles. The van der Waals surface area contributed by atoms with E-state index >= 15 is 0 Å². The standard InChI is InChI=1S/C25H34ClN3O4S/c1-5-7-16-27-25(31)23(6-2)28(17-20-10-8-19(3)9-11-20)24(30)18-29(34(4,32)33)22-14-12-21(26)13-15-22/h8-15,23H,5-7,16-18H2,1-4H3,(H,27,31). The van der Waals surface area contributed by atoms with Gasteiger partial charge in [0.1, 0.15) is 12.6 Å². The number of nitrogens with one attached hydrogen (secondary N) is 1. The second-order valence-electron chi connectivity index (χ2n) is 8.32. The Morgan fingerprint density at radius 1 is 1.03 bits per heavy atom. The molecule has 2 rings (SSSR count). The van der Waals surface area contributed by atoms with Crippen molar-refractivity contribution in [1.82, 2.24) is 10.2 Å². The van der Waals surface area contributed by atoms with E-state index in [1.165, 1.54) is 4.90 Å². The smallest absolute Gasteiger partial charge is 0.244 e. The highest BCUT2D eigenvalue weighted by atomic mass is 35.5. The van der Waals surface area contributed by atoms with E-state index in [4.69, 9.17) is 11.6 Å². The quantitative estimate of drug-likeness (QED) is 0.437. The zero-order chi connectivity index (χ0) is 25.3. The topological polar surface area (TPSA) is 86.8 Å². The van der Waals surface area contributed by atoms with Gasteiger partial charge in [-0.15, -0.1) is 0 Å². The van der Waals surface area contributed by atoms with Crippen LogP contribution < -0.4 is 9.62 Å². The lowest BCUT2D eigenvalue weighted by Gasteiger charge is -2.33. The Morgan fingerprint density at radius 2 is 1.65 bits per heavy atom. The van der Waals surface area contributed by atoms with Gasteiger partial charge in [0.2, 0.25) is 21.8 Å². The van der Waals surface area contributed by atoms with E-state index in [1.54, 1.807) is 24.3 Å². The van der Waals surface area contributed by atoms with E-state index in [-0.39, 0.29) is 12.5 Å². The fourth-order valence-electron chi connectivity index (χ4n) is 3.54. The van der Waals surface area contributed by atoms with Gasteiger partial charge in [0, 0.05) is 18.1 Å². The molecule has 9 heteroatoms. The number of aryl methyl sites for hydroxylation is 1. The Kier molecular flexibility index (Phi) is 10.4. The highest BCUT2D eigenvalue weighted by Crippen LogP contribution is 2.22. The molecule has 186 valence electrons. The summed E-state index contributed by atoms with van der Waals surface area (Å²) in [6.07, 6.45) is 3.23. The maximum Gasteiger partial charge on any atom is 0.244 e. The van der Waals surface area contributed by atoms with Crippen LogP contribution in [0.2, 0.25) is 5.02 Å². The van der Waals surface area contributed by atoms with Crippen molar-refractivity contribution in [2.45, 2.75) is 52.6 Å². The molecule has 0 saturated heterocycles. The van der Waals surface area contributed by atoms with Crippen molar-refractivity contribution < 1.29 is 18.0 Å². The van der Waals surface area contributed by atoms with Gasteiger partial charge in [-0.25, -0.2) is 8.42 Å². The summed E-state index contributed by atoms with van der Waals surface area (Å²) in [7, 11) is -3.77. The number of nitrogens with zero attached hydrogens (tertiary/aromatic N) is 2. The Balaban J connectivity index is 2.37. The molecule has 0 aliphatic rings. The number of halogens is 1. The summed E-state index contributed by atoms with van der Waals surface area (Å²) in [5.74, 6) is -0.702. The normalized spacial score (nSPS) is 12.1. The lowest BCUT2D eigenvalue weighted by molar-refractivity contribution is -0.140. The van der Waals surface area contributed by atoms with Crippen LogP contribution in [0.1, 0.15) is 44.2 Å². The van der Waals surface area contributed by atoms with E-state index in [0.29, 0.717) is 23.7 Å². The summed E-state index contributed by atoms with van der Waals surface area (Å²) >= 11 is 5.95. The summed E-state index contributed by atoms with van der Waals surface area (Å²) in [6, 6.07) is 13.2. The van der Waals surface area contributed by atoms with Crippen LogP contribution in [-0.4, -0.2) is 50.5 Å². The number of anilines is 1. The second kappa shape index (κ2) is 12.8. The molecule has 2 amide bonds. The molecule has 1 unspecified atom stereocenters. The van der Waals surface area contributed by atoms with Crippen molar-refractivity contribution in [3.05, 3.63) is 64.7 Å². The largest absolute Gasteiger partial charge is 0.354 e. The minimum Gasteiger partial charge on any atom is -0.354 e. The molecule has 0 aliphatic heterocycles. The predicted molar refractivity (Wildman–Crippen MR) is 137 cm³/mol. The highest BCUT2D eigenvalue weighted by Gasteiger charge is 2.31. The molecule has 0 aliphatic carbocycles. The fraction of sp³-hybridized carbons (Fsp3) is 0.440. The number of sulfonamides is 1. The SMILES string of the molecule is CCCCNC(=O)C(CC)N(Cc1ccc(C)cc1)C(=O)CN(c1ccc(Cl)cc1)S(C)(=O)=O. The lowest BCUT2D eigenvalue weighted by atomic mass is 10.1. The van der Waals surface area contributed by atoms with Crippen LogP contribution in [0.5, 0.6) is 0 Å². The molecule has 1 N–H and O–H groups in total. The summed E-state index contributed by atoms with van der Waals surface area (Å²) in [4.78, 5) is 28.0. The van der Waals surface area contributed by atoms with Gasteiger partial charge in [-0.3, -0.25) is 13.9 Å². The Morgan fingerprint density at radius 3 is 2.18 bits per heavy atom. The number of hydrogen-bond donors (Lipinski definition) is 1. The number of unbranched alkanes of at least 4 members (excludes halogenated alkanes) is 1. The third-order valence-electron chi connectivity index (χ3n) is 5.48. The van der Waals surface area contributed by atoms with Crippen molar-refractivity contribution in [3.8, 4) is 0 Å². The zero-order valence-electron chi connectivity index (χ0n) is 20.3. The van der Waals surface area contributed by atoms with Gasteiger partial charge in [0.15, 0.2) is 0 Å². The number of benzene rings is 2. The van der Waals surface area contributed by atoms with Crippen molar-refractivity contribution in [1.29, 1.82) is 0 Å². The second-order valence-corrected chi connectivity index (χ2v) is 10.7. The molecule has 0 aromatic heterocycles. The monoisotopic (exact) mass is 507 g/mol. The molecule has 0 bridgehead atoms. The van der Waals surface area contributed by atoms with Gasteiger partial charge in [0.25, 0.3) is 0 Å². The number of rotatable bonds is 12. The van der Waals surface area contributed by atoms with Crippen LogP contribution in [0.4, 0.5) is 5.69 Å². The molecule has 0 spiro atoms. The van der Waals surface area contributed by atoms with Crippen LogP contribution in [0.15, 0.2) is 48.5 Å². The molecule has 1 atom stereocenters. The molecule has 34 heavy (non-hydrogen) atoms. The summed E-state index contributed by atoms with van der Waals surface area (Å²) in [5.41, 5.74) is 2.27. The molecule has 0 fully saturated rings. The number of carbonyl (C=O) groups excluding carboxylic acids is 2. The fourth-order valence-corrected chi connectivity index (χ4v) is 4.51. The highest BCUT2D eigenvalue weighted by molar-refractivity contribution is 7.92. The van der Waals surface area contributed by atoms with Crippen LogP contribution >= 0.6 is 11.6 Å². The average Bonchev–Trinajstić information content (AvgIpc) is 2.78. The van der Waals surface area contributed by atoms with Crippen LogP contribution in [0, 0.1) is 6.92 Å². The van der Waals surface area contributed by atoms with Gasteiger partial charge in [-0.05, 0) is 49.6 Å². The molecule has 2 aromatic carbocycles.